The Labute approximate surface area is 164 Å². The van der Waals surface area contributed by atoms with Crippen molar-refractivity contribution >= 4 is 0 Å². The number of benzene rings is 2. The van der Waals surface area contributed by atoms with E-state index in [-0.39, 0.29) is 0 Å². The molecule has 2 fully saturated rings. The molecule has 0 unspecified atom stereocenters. The largest absolute Gasteiger partial charge is 0.462 e. The van der Waals surface area contributed by atoms with Gasteiger partial charge in [0.05, 0.1) is 6.61 Å². The van der Waals surface area contributed by atoms with Crippen LogP contribution in [0, 0.1) is 0 Å². The van der Waals surface area contributed by atoms with Crippen LogP contribution in [0.2, 0.25) is 0 Å². The molecular weight excluding hydrogens is 360 g/mol. The number of rotatable bonds is 6. The first-order valence-corrected chi connectivity index (χ1v) is 9.70. The van der Waals surface area contributed by atoms with Crippen LogP contribution in [0.1, 0.15) is 35.4 Å². The van der Waals surface area contributed by atoms with E-state index in [0.29, 0.717) is 12.2 Å². The van der Waals surface area contributed by atoms with Crippen molar-refractivity contribution in [3.63, 3.8) is 0 Å². The van der Waals surface area contributed by atoms with Crippen LogP contribution in [0.25, 0.3) is 0 Å². The first kappa shape index (κ1) is 19.4. The second-order valence-corrected chi connectivity index (χ2v) is 7.62. The molecule has 4 rings (SSSR count). The van der Waals surface area contributed by atoms with Gasteiger partial charge in [-0.05, 0) is 41.5 Å². The zero-order valence-corrected chi connectivity index (χ0v) is 15.5. The van der Waals surface area contributed by atoms with E-state index in [1.807, 2.05) is 18.2 Å². The standard InChI is InChI=1S/C22H26O6/c23-12-18-19(24)20(25)21(26)22(28-18)27-17-4-2-1-3-16(17)11-13-5-7-14(8-6-13)15-9-10-15/h1-8,15,18-26H,9-12H2/t18-,19-,20+,21-,22-/m1/s1. The normalized spacial score (nSPS) is 30.2. The van der Waals surface area contributed by atoms with Crippen LogP contribution in [0.4, 0.5) is 0 Å². The Morgan fingerprint density at radius 1 is 0.893 bits per heavy atom. The molecule has 5 atom stereocenters. The number of aliphatic hydroxyl groups is 4. The van der Waals surface area contributed by atoms with Gasteiger partial charge in [-0.25, -0.2) is 0 Å². The van der Waals surface area contributed by atoms with Crippen molar-refractivity contribution in [1.82, 2.24) is 0 Å². The van der Waals surface area contributed by atoms with E-state index < -0.39 is 37.3 Å². The SMILES string of the molecule is OC[C@H]1O[C@@H](Oc2ccccc2Cc2ccc(C3CC3)cc2)[C@H](O)[C@@H](O)[C@@H]1O. The number of aliphatic hydroxyl groups excluding tert-OH is 4. The molecule has 0 amide bonds. The molecule has 2 aromatic rings. The van der Waals surface area contributed by atoms with E-state index in [2.05, 4.69) is 24.3 Å². The first-order valence-electron chi connectivity index (χ1n) is 9.70. The van der Waals surface area contributed by atoms with Crippen molar-refractivity contribution in [3.05, 3.63) is 65.2 Å². The van der Waals surface area contributed by atoms with Crippen LogP contribution in [-0.2, 0) is 11.2 Å². The zero-order valence-electron chi connectivity index (χ0n) is 15.5. The van der Waals surface area contributed by atoms with Crippen LogP contribution in [0.3, 0.4) is 0 Å². The average Bonchev–Trinajstić information content (AvgIpc) is 3.56. The lowest BCUT2D eigenvalue weighted by Gasteiger charge is -2.39. The quantitative estimate of drug-likeness (QED) is 0.598. The van der Waals surface area contributed by atoms with E-state index in [4.69, 9.17) is 9.47 Å². The van der Waals surface area contributed by atoms with Gasteiger partial charge < -0.3 is 29.9 Å². The molecule has 1 saturated carbocycles. The lowest BCUT2D eigenvalue weighted by molar-refractivity contribution is -0.277. The molecule has 2 aliphatic rings. The fourth-order valence-electron chi connectivity index (χ4n) is 3.60. The van der Waals surface area contributed by atoms with Crippen molar-refractivity contribution in [1.29, 1.82) is 0 Å². The Morgan fingerprint density at radius 2 is 1.61 bits per heavy atom. The van der Waals surface area contributed by atoms with Gasteiger partial charge in [0.2, 0.25) is 6.29 Å². The summed E-state index contributed by atoms with van der Waals surface area (Å²) in [4.78, 5) is 0. The maximum Gasteiger partial charge on any atom is 0.229 e. The fraction of sp³-hybridized carbons (Fsp3) is 0.455. The third kappa shape index (κ3) is 4.06. The molecule has 0 bridgehead atoms. The molecule has 0 radical (unpaired) electrons. The molecular formula is C22H26O6. The lowest BCUT2D eigenvalue weighted by Crippen LogP contribution is -2.60. The summed E-state index contributed by atoms with van der Waals surface area (Å²) in [7, 11) is 0. The van der Waals surface area contributed by atoms with Gasteiger partial charge in [-0.3, -0.25) is 0 Å². The topological polar surface area (TPSA) is 99.4 Å². The van der Waals surface area contributed by atoms with Crippen molar-refractivity contribution in [3.8, 4) is 5.75 Å². The van der Waals surface area contributed by atoms with Crippen molar-refractivity contribution < 1.29 is 29.9 Å². The molecule has 0 aromatic heterocycles. The van der Waals surface area contributed by atoms with Crippen LogP contribution in [0.15, 0.2) is 48.5 Å². The van der Waals surface area contributed by atoms with E-state index in [1.54, 1.807) is 6.07 Å². The molecule has 0 spiro atoms. The Kier molecular flexibility index (Phi) is 5.66. The van der Waals surface area contributed by atoms with Gasteiger partial charge in [-0.15, -0.1) is 0 Å². The average molecular weight is 386 g/mol. The molecule has 2 aromatic carbocycles. The van der Waals surface area contributed by atoms with Crippen LogP contribution in [0.5, 0.6) is 5.75 Å². The molecule has 6 heteroatoms. The summed E-state index contributed by atoms with van der Waals surface area (Å²) < 4.78 is 11.3. The smallest absolute Gasteiger partial charge is 0.229 e. The minimum Gasteiger partial charge on any atom is -0.462 e. The molecule has 1 heterocycles. The van der Waals surface area contributed by atoms with E-state index in [9.17, 15) is 20.4 Å². The van der Waals surface area contributed by atoms with Gasteiger partial charge in [0, 0.05) is 6.42 Å². The minimum atomic E-state index is -1.46. The van der Waals surface area contributed by atoms with Gasteiger partial charge in [-0.1, -0.05) is 42.5 Å². The molecule has 4 N–H and O–H groups in total. The maximum atomic E-state index is 10.2. The van der Waals surface area contributed by atoms with E-state index in [1.165, 1.54) is 18.4 Å². The number of para-hydroxylation sites is 1. The monoisotopic (exact) mass is 386 g/mol. The van der Waals surface area contributed by atoms with Gasteiger partial charge >= 0.3 is 0 Å². The summed E-state index contributed by atoms with van der Waals surface area (Å²) >= 11 is 0. The summed E-state index contributed by atoms with van der Waals surface area (Å²) in [5, 5.41) is 39.4. The minimum absolute atomic E-state index is 0.486. The summed E-state index contributed by atoms with van der Waals surface area (Å²) in [6.45, 7) is -0.486. The van der Waals surface area contributed by atoms with E-state index in [0.717, 1.165) is 17.0 Å². The predicted molar refractivity (Wildman–Crippen MR) is 102 cm³/mol. The number of hydrogen-bond donors (Lipinski definition) is 4. The summed E-state index contributed by atoms with van der Waals surface area (Å²) in [5.74, 6) is 1.24. The summed E-state index contributed by atoms with van der Waals surface area (Å²) in [6, 6.07) is 16.0. The first-order chi connectivity index (χ1) is 13.6. The van der Waals surface area contributed by atoms with Gasteiger partial charge in [0.25, 0.3) is 0 Å². The Morgan fingerprint density at radius 3 is 2.29 bits per heavy atom. The van der Waals surface area contributed by atoms with Crippen LogP contribution in [-0.4, -0.2) is 57.7 Å². The van der Waals surface area contributed by atoms with Gasteiger partial charge in [0.15, 0.2) is 0 Å². The Hall–Kier alpha value is -1.96. The van der Waals surface area contributed by atoms with E-state index >= 15 is 0 Å². The fourth-order valence-corrected chi connectivity index (χ4v) is 3.60. The maximum absolute atomic E-state index is 10.2. The highest BCUT2D eigenvalue weighted by molar-refractivity contribution is 5.39. The third-order valence-corrected chi connectivity index (χ3v) is 5.49. The second kappa shape index (κ2) is 8.19. The summed E-state index contributed by atoms with van der Waals surface area (Å²) in [5.41, 5.74) is 3.45. The highest BCUT2D eigenvalue weighted by Gasteiger charge is 2.44. The lowest BCUT2D eigenvalue weighted by atomic mass is 9.99. The van der Waals surface area contributed by atoms with Crippen molar-refractivity contribution in [2.75, 3.05) is 6.61 Å². The summed E-state index contributed by atoms with van der Waals surface area (Å²) in [6.07, 6.45) is -3.27. The van der Waals surface area contributed by atoms with Gasteiger partial charge in [0.1, 0.15) is 30.2 Å². The predicted octanol–water partition coefficient (Wildman–Crippen LogP) is 1.33. The number of hydrogen-bond acceptors (Lipinski definition) is 6. The Bertz CT molecular complexity index is 786. The van der Waals surface area contributed by atoms with Gasteiger partial charge in [-0.2, -0.15) is 0 Å². The molecule has 1 aliphatic heterocycles. The third-order valence-electron chi connectivity index (χ3n) is 5.49. The molecule has 150 valence electrons. The molecule has 28 heavy (non-hydrogen) atoms. The molecule has 1 aliphatic carbocycles. The highest BCUT2D eigenvalue weighted by atomic mass is 16.7. The number of ether oxygens (including phenoxy) is 2. The zero-order chi connectivity index (χ0) is 19.7. The van der Waals surface area contributed by atoms with Crippen LogP contribution < -0.4 is 4.74 Å². The highest BCUT2D eigenvalue weighted by Crippen LogP contribution is 2.40. The van der Waals surface area contributed by atoms with Crippen molar-refractivity contribution in [2.24, 2.45) is 0 Å². The Balaban J connectivity index is 1.49. The second-order valence-electron chi connectivity index (χ2n) is 7.62. The molecule has 1 saturated heterocycles. The van der Waals surface area contributed by atoms with Crippen LogP contribution >= 0.6 is 0 Å². The van der Waals surface area contributed by atoms with Crippen molar-refractivity contribution in [2.45, 2.75) is 55.9 Å². The molecule has 6 nitrogen and oxygen atoms in total.